The molecular weight excluding hydrogens is 456 g/mol. The van der Waals surface area contributed by atoms with Gasteiger partial charge in [0.05, 0.1) is 11.4 Å². The molecule has 158 valence electrons. The third-order valence-corrected chi connectivity index (χ3v) is 7.37. The third-order valence-electron chi connectivity index (χ3n) is 4.47. The summed E-state index contributed by atoms with van der Waals surface area (Å²) in [6.45, 7) is 1.39. The van der Waals surface area contributed by atoms with Crippen molar-refractivity contribution in [2.75, 3.05) is 4.90 Å². The Hall–Kier alpha value is -2.89. The van der Waals surface area contributed by atoms with Gasteiger partial charge in [0.1, 0.15) is 6.04 Å². The first-order chi connectivity index (χ1) is 14.8. The van der Waals surface area contributed by atoms with Crippen LogP contribution < -0.4 is 10.2 Å². The number of carbonyl (C=O) groups is 3. The van der Waals surface area contributed by atoms with Crippen molar-refractivity contribution >= 4 is 74.6 Å². The largest absolute Gasteiger partial charge is 0.480 e. The van der Waals surface area contributed by atoms with E-state index < -0.39 is 23.3 Å². The lowest BCUT2D eigenvalue weighted by Crippen LogP contribution is -2.38. The molecule has 2 saturated heterocycles. The Kier molecular flexibility index (Phi) is 5.99. The predicted octanol–water partition coefficient (Wildman–Crippen LogP) is 3.23. The molecule has 0 spiro atoms. The van der Waals surface area contributed by atoms with Crippen LogP contribution in [0, 0.1) is 0 Å². The number of nitrogens with zero attached hydrogens (tertiary/aromatic N) is 3. The molecule has 2 unspecified atom stereocenters. The minimum absolute atomic E-state index is 0.130. The van der Waals surface area contributed by atoms with Gasteiger partial charge in [0, 0.05) is 17.5 Å². The van der Waals surface area contributed by atoms with E-state index in [0.717, 1.165) is 5.69 Å². The number of hydrogen-bond acceptors (Lipinski definition) is 7. The molecule has 2 aliphatic rings. The summed E-state index contributed by atoms with van der Waals surface area (Å²) >= 11 is 8.09. The molecule has 2 N–H and O–H groups in total. The van der Waals surface area contributed by atoms with Crippen molar-refractivity contribution in [2.45, 2.75) is 18.3 Å². The van der Waals surface area contributed by atoms with Gasteiger partial charge < -0.3 is 10.4 Å². The van der Waals surface area contributed by atoms with Gasteiger partial charge in [-0.05, 0) is 49.5 Å². The minimum atomic E-state index is -1.12. The first-order valence-corrected chi connectivity index (χ1v) is 11.2. The molecule has 0 saturated carbocycles. The Bertz CT molecular complexity index is 1080. The van der Waals surface area contributed by atoms with E-state index in [1.165, 1.54) is 35.5 Å². The third kappa shape index (κ3) is 4.29. The fourth-order valence-corrected chi connectivity index (χ4v) is 5.75. The van der Waals surface area contributed by atoms with Crippen LogP contribution in [0.15, 0.2) is 59.6 Å². The molecule has 0 radical (unpaired) electrons. The number of nitrogens with one attached hydrogen (secondary N) is 1. The summed E-state index contributed by atoms with van der Waals surface area (Å²) in [5.74, 6) is -1.75. The zero-order valence-corrected chi connectivity index (χ0v) is 18.5. The van der Waals surface area contributed by atoms with Gasteiger partial charge in [0.25, 0.3) is 11.8 Å². The first-order valence-electron chi connectivity index (χ1n) is 9.14. The molecule has 0 bridgehead atoms. The van der Waals surface area contributed by atoms with Crippen molar-refractivity contribution in [3.63, 3.8) is 0 Å². The molecule has 2 aromatic carbocycles. The second-order valence-electron chi connectivity index (χ2n) is 6.64. The molecule has 0 aliphatic carbocycles. The zero-order chi connectivity index (χ0) is 22.1. The predicted molar refractivity (Wildman–Crippen MR) is 125 cm³/mol. The second-order valence-corrected chi connectivity index (χ2v) is 9.30. The average Bonchev–Trinajstić information content (AvgIpc) is 3.27. The number of carboxylic acids is 1. The van der Waals surface area contributed by atoms with Crippen LogP contribution in [-0.2, 0) is 9.59 Å². The summed E-state index contributed by atoms with van der Waals surface area (Å²) in [5.41, 5.74) is 1.54. The number of thioether (sulfide) groups is 1. The summed E-state index contributed by atoms with van der Waals surface area (Å²) in [4.78, 5) is 42.2. The Morgan fingerprint density at radius 3 is 2.61 bits per heavy atom. The van der Waals surface area contributed by atoms with Crippen molar-refractivity contribution in [3.8, 4) is 0 Å². The highest BCUT2D eigenvalue weighted by Gasteiger charge is 2.49. The molecule has 0 aromatic heterocycles. The van der Waals surface area contributed by atoms with Crippen molar-refractivity contribution in [1.82, 2.24) is 9.62 Å². The van der Waals surface area contributed by atoms with Crippen LogP contribution >= 0.6 is 35.9 Å². The molecule has 2 atom stereocenters. The molecule has 2 aliphatic heterocycles. The number of amides is 2. The molecule has 4 rings (SSSR count). The van der Waals surface area contributed by atoms with Crippen molar-refractivity contribution in [3.05, 3.63) is 60.2 Å². The summed E-state index contributed by atoms with van der Waals surface area (Å²) < 4.78 is 2.38. The van der Waals surface area contributed by atoms with E-state index in [0.29, 0.717) is 20.7 Å². The van der Waals surface area contributed by atoms with Crippen molar-refractivity contribution < 1.29 is 19.5 Å². The quantitative estimate of drug-likeness (QED) is 0.505. The van der Waals surface area contributed by atoms with Gasteiger partial charge in [-0.25, -0.2) is 4.99 Å². The number of carbonyl (C=O) groups excluding carboxylic acids is 2. The van der Waals surface area contributed by atoms with Crippen LogP contribution in [0.1, 0.15) is 17.3 Å². The number of thiocarbonyl (C=S) groups is 1. The minimum Gasteiger partial charge on any atom is -0.480 e. The number of aliphatic imine (C=N–C) groups is 1. The van der Waals surface area contributed by atoms with Gasteiger partial charge >= 0.3 is 5.97 Å². The average molecular weight is 473 g/mol. The standard InChI is InChI=1S/C20H16N4O4S3/c1-11(18(27)28)21-15(25)12-6-5-7-13(10-12)22-19-30-17-16(26)23(20(29)24(17)31-19)14-8-3-2-4-9-14/h2-11,17H,1H3,(H,21,25)(H,27,28). The molecular formula is C20H16N4O4S3. The second kappa shape index (κ2) is 8.69. The molecule has 8 nitrogen and oxygen atoms in total. The number of carboxylic acid groups (broad SMARTS) is 1. The fourth-order valence-electron chi connectivity index (χ4n) is 2.92. The maximum absolute atomic E-state index is 12.9. The van der Waals surface area contributed by atoms with Gasteiger partial charge in [-0.2, -0.15) is 0 Å². The smallest absolute Gasteiger partial charge is 0.325 e. The van der Waals surface area contributed by atoms with Crippen molar-refractivity contribution in [1.29, 1.82) is 0 Å². The van der Waals surface area contributed by atoms with Crippen molar-refractivity contribution in [2.24, 2.45) is 4.99 Å². The van der Waals surface area contributed by atoms with E-state index in [4.69, 9.17) is 17.3 Å². The maximum Gasteiger partial charge on any atom is 0.325 e. The summed E-state index contributed by atoms with van der Waals surface area (Å²) in [6.07, 6.45) is 0. The lowest BCUT2D eigenvalue weighted by Gasteiger charge is -2.17. The summed E-state index contributed by atoms with van der Waals surface area (Å²) in [7, 11) is 0. The fraction of sp³-hybridized carbons (Fsp3) is 0.150. The number of hydrogen-bond donors (Lipinski definition) is 2. The summed E-state index contributed by atoms with van der Waals surface area (Å²) in [6, 6.07) is 14.8. The number of para-hydroxylation sites is 1. The van der Waals surface area contributed by atoms with E-state index >= 15 is 0 Å². The van der Waals surface area contributed by atoms with E-state index in [1.54, 1.807) is 28.6 Å². The SMILES string of the molecule is CC(NC(=O)c1cccc(N=C2SC3C(=O)N(c4ccccc4)C(=S)N3S2)c1)C(=O)O. The summed E-state index contributed by atoms with van der Waals surface area (Å²) in [5, 5.41) is 11.3. The highest BCUT2D eigenvalue weighted by molar-refractivity contribution is 8.41. The molecule has 2 amide bonds. The van der Waals surface area contributed by atoms with Crippen LogP contribution in [0.25, 0.3) is 0 Å². The van der Waals surface area contributed by atoms with Crippen LogP contribution in [0.5, 0.6) is 0 Å². The first kappa shape index (κ1) is 21.3. The number of anilines is 1. The van der Waals surface area contributed by atoms with Gasteiger partial charge in [-0.1, -0.05) is 36.0 Å². The van der Waals surface area contributed by atoms with Crippen LogP contribution in [-0.4, -0.2) is 48.1 Å². The normalized spacial score (nSPS) is 20.2. The van der Waals surface area contributed by atoms with Crippen LogP contribution in [0.4, 0.5) is 11.4 Å². The maximum atomic E-state index is 12.9. The van der Waals surface area contributed by atoms with E-state index in [2.05, 4.69) is 10.3 Å². The van der Waals surface area contributed by atoms with E-state index in [-0.39, 0.29) is 5.91 Å². The highest BCUT2D eigenvalue weighted by Crippen LogP contribution is 2.45. The number of rotatable bonds is 5. The van der Waals surface area contributed by atoms with Crippen LogP contribution in [0.2, 0.25) is 0 Å². The van der Waals surface area contributed by atoms with Gasteiger partial charge in [0.15, 0.2) is 14.9 Å². The Morgan fingerprint density at radius 1 is 1.19 bits per heavy atom. The number of aliphatic carboxylic acids is 1. The molecule has 31 heavy (non-hydrogen) atoms. The topological polar surface area (TPSA) is 102 Å². The van der Waals surface area contributed by atoms with Crippen LogP contribution in [0.3, 0.4) is 0 Å². The zero-order valence-electron chi connectivity index (χ0n) is 16.1. The number of benzene rings is 2. The number of fused-ring (bicyclic) bond motifs is 1. The lowest BCUT2D eigenvalue weighted by atomic mass is 10.2. The van der Waals surface area contributed by atoms with Gasteiger partial charge in [-0.3, -0.25) is 23.6 Å². The lowest BCUT2D eigenvalue weighted by molar-refractivity contribution is -0.138. The highest BCUT2D eigenvalue weighted by atomic mass is 32.2. The van der Waals surface area contributed by atoms with Gasteiger partial charge in [-0.15, -0.1) is 0 Å². The molecule has 11 heteroatoms. The molecule has 2 fully saturated rings. The van der Waals surface area contributed by atoms with E-state index in [1.807, 2.05) is 30.3 Å². The Balaban J connectivity index is 1.49. The monoisotopic (exact) mass is 472 g/mol. The Labute approximate surface area is 191 Å². The molecule has 2 heterocycles. The van der Waals surface area contributed by atoms with Gasteiger partial charge in [0.2, 0.25) is 0 Å². The Morgan fingerprint density at radius 2 is 1.94 bits per heavy atom. The van der Waals surface area contributed by atoms with E-state index in [9.17, 15) is 14.4 Å². The molecule has 2 aromatic rings.